The average molecular weight is 519 g/mol. The molecule has 11 nitrogen and oxygen atoms in total. The Morgan fingerprint density at radius 1 is 0.972 bits per heavy atom. The second kappa shape index (κ2) is 11.8. The summed E-state index contributed by atoms with van der Waals surface area (Å²) in [4.78, 5) is 11.9. The average Bonchev–Trinajstić information content (AvgIpc) is 2.78. The van der Waals surface area contributed by atoms with Crippen molar-refractivity contribution in [2.75, 3.05) is 6.61 Å². The highest BCUT2D eigenvalue weighted by Gasteiger charge is 2.47. The van der Waals surface area contributed by atoms with Crippen LogP contribution in [0.15, 0.2) is 11.6 Å². The standard InChI is InChI=1S/C25H42O11/c1-11-8-14(26)9-25(4,5)15(11)7-6-12(2)34-24-22(32)20(30)18(28)16(36-24)10-33-23-21(31)19(29)17(27)13(3)35-23/h8,12-13,15-24,27-32H,6-7,9-10H2,1-5H3. The van der Waals surface area contributed by atoms with E-state index in [1.165, 1.54) is 6.92 Å². The Labute approximate surface area is 211 Å². The molecule has 0 radical (unpaired) electrons. The second-order valence-electron chi connectivity index (χ2n) is 11.1. The van der Waals surface area contributed by atoms with E-state index in [0.717, 1.165) is 12.0 Å². The van der Waals surface area contributed by atoms with E-state index in [4.69, 9.17) is 18.9 Å². The van der Waals surface area contributed by atoms with Crippen molar-refractivity contribution in [1.82, 2.24) is 0 Å². The fraction of sp³-hybridized carbons (Fsp3) is 0.880. The summed E-state index contributed by atoms with van der Waals surface area (Å²) in [7, 11) is 0. The summed E-state index contributed by atoms with van der Waals surface area (Å²) < 4.78 is 22.5. The van der Waals surface area contributed by atoms with Crippen molar-refractivity contribution in [1.29, 1.82) is 0 Å². The molecule has 6 N–H and O–H groups in total. The smallest absolute Gasteiger partial charge is 0.186 e. The molecule has 0 aromatic carbocycles. The fourth-order valence-electron chi connectivity index (χ4n) is 5.42. The lowest BCUT2D eigenvalue weighted by Crippen LogP contribution is -2.61. The van der Waals surface area contributed by atoms with Crippen LogP contribution in [-0.2, 0) is 23.7 Å². The number of aliphatic hydroxyl groups excluding tert-OH is 6. The van der Waals surface area contributed by atoms with Crippen LogP contribution in [0.3, 0.4) is 0 Å². The lowest BCUT2D eigenvalue weighted by Gasteiger charge is -2.43. The molecule has 2 aliphatic heterocycles. The first-order valence-corrected chi connectivity index (χ1v) is 12.6. The monoisotopic (exact) mass is 518 g/mol. The van der Waals surface area contributed by atoms with Crippen molar-refractivity contribution in [2.24, 2.45) is 11.3 Å². The third-order valence-electron chi connectivity index (χ3n) is 7.64. The molecule has 12 unspecified atom stereocenters. The van der Waals surface area contributed by atoms with Crippen molar-refractivity contribution in [3.63, 3.8) is 0 Å². The molecule has 2 fully saturated rings. The van der Waals surface area contributed by atoms with Crippen LogP contribution >= 0.6 is 0 Å². The van der Waals surface area contributed by atoms with Crippen molar-refractivity contribution in [2.45, 2.75) is 121 Å². The third kappa shape index (κ3) is 6.52. The first kappa shape index (κ1) is 29.6. The van der Waals surface area contributed by atoms with Gasteiger partial charge in [0.15, 0.2) is 18.4 Å². The molecule has 0 bridgehead atoms. The molecule has 0 aromatic rings. The summed E-state index contributed by atoms with van der Waals surface area (Å²) in [6.07, 6.45) is -10.1. The van der Waals surface area contributed by atoms with Gasteiger partial charge in [-0.3, -0.25) is 4.79 Å². The predicted molar refractivity (Wildman–Crippen MR) is 125 cm³/mol. The van der Waals surface area contributed by atoms with Gasteiger partial charge in [0.2, 0.25) is 0 Å². The van der Waals surface area contributed by atoms with Crippen LogP contribution in [0.4, 0.5) is 0 Å². The van der Waals surface area contributed by atoms with E-state index in [1.54, 1.807) is 6.08 Å². The molecule has 1 aliphatic carbocycles. The van der Waals surface area contributed by atoms with Gasteiger partial charge in [0.25, 0.3) is 0 Å². The zero-order chi connectivity index (χ0) is 26.9. The van der Waals surface area contributed by atoms with Gasteiger partial charge in [-0.25, -0.2) is 0 Å². The van der Waals surface area contributed by atoms with Crippen LogP contribution in [-0.4, -0.2) is 111 Å². The number of aliphatic hydroxyl groups is 6. The Kier molecular flexibility index (Phi) is 9.70. The summed E-state index contributed by atoms with van der Waals surface area (Å²) in [6.45, 7) is 9.09. The first-order chi connectivity index (χ1) is 16.7. The van der Waals surface area contributed by atoms with Crippen LogP contribution in [0, 0.1) is 11.3 Å². The van der Waals surface area contributed by atoms with Gasteiger partial charge in [-0.2, -0.15) is 0 Å². The Balaban J connectivity index is 1.56. The van der Waals surface area contributed by atoms with Crippen LogP contribution in [0.1, 0.15) is 53.9 Å². The molecule has 2 heterocycles. The molecule has 11 heteroatoms. The van der Waals surface area contributed by atoms with Gasteiger partial charge in [-0.15, -0.1) is 0 Å². The van der Waals surface area contributed by atoms with Crippen molar-refractivity contribution < 1.29 is 54.4 Å². The van der Waals surface area contributed by atoms with Gasteiger partial charge in [-0.1, -0.05) is 19.4 Å². The molecule has 0 spiro atoms. The van der Waals surface area contributed by atoms with E-state index in [0.29, 0.717) is 12.8 Å². The predicted octanol–water partition coefficient (Wildman–Crippen LogP) is -0.615. The van der Waals surface area contributed by atoms with E-state index in [2.05, 4.69) is 13.8 Å². The molecule has 36 heavy (non-hydrogen) atoms. The lowest BCUT2D eigenvalue weighted by molar-refractivity contribution is -0.332. The molecule has 0 saturated carbocycles. The minimum absolute atomic E-state index is 0.129. The van der Waals surface area contributed by atoms with E-state index in [9.17, 15) is 35.4 Å². The highest BCUT2D eigenvalue weighted by Crippen LogP contribution is 2.42. The van der Waals surface area contributed by atoms with E-state index in [1.807, 2.05) is 13.8 Å². The maximum Gasteiger partial charge on any atom is 0.186 e. The van der Waals surface area contributed by atoms with Gasteiger partial charge in [0.1, 0.15) is 42.7 Å². The second-order valence-corrected chi connectivity index (χ2v) is 11.1. The topological polar surface area (TPSA) is 175 Å². The van der Waals surface area contributed by atoms with Gasteiger partial charge < -0.3 is 49.6 Å². The zero-order valence-corrected chi connectivity index (χ0v) is 21.6. The Hall–Kier alpha value is -0.990. The number of allylic oxidation sites excluding steroid dienone is 2. The van der Waals surface area contributed by atoms with Crippen LogP contribution in [0.5, 0.6) is 0 Å². The van der Waals surface area contributed by atoms with Crippen molar-refractivity contribution in [3.05, 3.63) is 11.6 Å². The summed E-state index contributed by atoms with van der Waals surface area (Å²) in [5.41, 5.74) is 0.860. The Bertz CT molecular complexity index is 786. The molecule has 0 aromatic heterocycles. The minimum atomic E-state index is -1.57. The quantitative estimate of drug-likeness (QED) is 0.242. The summed E-state index contributed by atoms with van der Waals surface area (Å²) >= 11 is 0. The van der Waals surface area contributed by atoms with Gasteiger partial charge in [0, 0.05) is 6.42 Å². The number of ketones is 1. The maximum absolute atomic E-state index is 11.9. The molecule has 3 aliphatic rings. The number of carbonyl (C=O) groups excluding carboxylic acids is 1. The normalized spacial score (nSPS) is 44.2. The fourth-order valence-corrected chi connectivity index (χ4v) is 5.42. The molecule has 3 rings (SSSR count). The van der Waals surface area contributed by atoms with Crippen LogP contribution < -0.4 is 0 Å². The summed E-state index contributed by atoms with van der Waals surface area (Å²) in [5, 5.41) is 61.1. The minimum Gasteiger partial charge on any atom is -0.388 e. The Morgan fingerprint density at radius 2 is 1.58 bits per heavy atom. The Morgan fingerprint density at radius 3 is 2.22 bits per heavy atom. The van der Waals surface area contributed by atoms with E-state index >= 15 is 0 Å². The SMILES string of the molecule is CC1=CC(=O)CC(C)(C)C1CCC(C)OC1OC(COC2OC(C)C(O)C(O)C2O)C(O)C(O)C1O. The first-order valence-electron chi connectivity index (χ1n) is 12.6. The molecular formula is C25H42O11. The van der Waals surface area contributed by atoms with Gasteiger partial charge >= 0.3 is 0 Å². The van der Waals surface area contributed by atoms with Crippen molar-refractivity contribution >= 4 is 5.78 Å². The lowest BCUT2D eigenvalue weighted by atomic mass is 9.66. The largest absolute Gasteiger partial charge is 0.388 e. The highest BCUT2D eigenvalue weighted by atomic mass is 16.7. The molecule has 12 atom stereocenters. The number of carbonyl (C=O) groups is 1. The number of hydrogen-bond acceptors (Lipinski definition) is 11. The van der Waals surface area contributed by atoms with E-state index < -0.39 is 61.4 Å². The molecule has 208 valence electrons. The maximum atomic E-state index is 11.9. The summed E-state index contributed by atoms with van der Waals surface area (Å²) in [5.74, 6) is 0.328. The number of hydrogen-bond donors (Lipinski definition) is 6. The molecule has 2 saturated heterocycles. The van der Waals surface area contributed by atoms with E-state index in [-0.39, 0.29) is 29.8 Å². The summed E-state index contributed by atoms with van der Waals surface area (Å²) in [6, 6.07) is 0. The number of rotatable bonds is 8. The third-order valence-corrected chi connectivity index (χ3v) is 7.64. The van der Waals surface area contributed by atoms with Crippen LogP contribution in [0.2, 0.25) is 0 Å². The van der Waals surface area contributed by atoms with Gasteiger partial charge in [0.05, 0.1) is 18.8 Å². The van der Waals surface area contributed by atoms with Gasteiger partial charge in [-0.05, 0) is 51.0 Å². The zero-order valence-electron chi connectivity index (χ0n) is 21.6. The molecular weight excluding hydrogens is 476 g/mol. The number of ether oxygens (including phenoxy) is 4. The highest BCUT2D eigenvalue weighted by molar-refractivity contribution is 5.91. The van der Waals surface area contributed by atoms with Crippen LogP contribution in [0.25, 0.3) is 0 Å². The molecule has 0 amide bonds. The van der Waals surface area contributed by atoms with Crippen molar-refractivity contribution in [3.8, 4) is 0 Å².